The van der Waals surface area contributed by atoms with Gasteiger partial charge in [-0.3, -0.25) is 14.2 Å². The van der Waals surface area contributed by atoms with E-state index in [4.69, 9.17) is 9.47 Å². The quantitative estimate of drug-likeness (QED) is 0.401. The van der Waals surface area contributed by atoms with E-state index in [1.807, 2.05) is 56.3 Å². The smallest absolute Gasteiger partial charge is 0.259 e. The van der Waals surface area contributed by atoms with Crippen molar-refractivity contribution in [1.82, 2.24) is 14.8 Å². The third-order valence-electron chi connectivity index (χ3n) is 6.20. The zero-order chi connectivity index (χ0) is 26.2. The normalized spacial score (nSPS) is 12.2. The molecule has 0 aliphatic heterocycles. The molecule has 1 atom stereocenters. The van der Waals surface area contributed by atoms with E-state index >= 15 is 0 Å². The SMILES string of the molecule is CCN(CC)CC(C)COc1ccc2cc(-c3cccc(OC)c3)n(CC(=O)NC(C)C)c(=O)c2c1. The number of nitrogens with zero attached hydrogens (tertiary/aromatic N) is 2. The number of carbonyl (C=O) groups is 1. The molecule has 0 saturated heterocycles. The Labute approximate surface area is 214 Å². The molecule has 1 N–H and O–H groups in total. The van der Waals surface area contributed by atoms with Gasteiger partial charge in [0, 0.05) is 24.1 Å². The highest BCUT2D eigenvalue weighted by Gasteiger charge is 2.16. The summed E-state index contributed by atoms with van der Waals surface area (Å²) in [5.74, 6) is 1.47. The Kier molecular flexibility index (Phi) is 9.53. The van der Waals surface area contributed by atoms with Crippen LogP contribution in [0.25, 0.3) is 22.0 Å². The van der Waals surface area contributed by atoms with Crippen molar-refractivity contribution in [3.05, 3.63) is 58.9 Å². The Bertz CT molecular complexity index is 1230. The number of hydrogen-bond donors (Lipinski definition) is 1. The van der Waals surface area contributed by atoms with Crippen molar-refractivity contribution in [2.45, 2.75) is 47.2 Å². The van der Waals surface area contributed by atoms with Gasteiger partial charge in [0.05, 0.1) is 24.8 Å². The lowest BCUT2D eigenvalue weighted by Crippen LogP contribution is -2.36. The monoisotopic (exact) mass is 493 g/mol. The topological polar surface area (TPSA) is 72.8 Å². The highest BCUT2D eigenvalue weighted by molar-refractivity contribution is 5.87. The Morgan fingerprint density at radius 3 is 2.44 bits per heavy atom. The Morgan fingerprint density at radius 1 is 1.03 bits per heavy atom. The summed E-state index contributed by atoms with van der Waals surface area (Å²) >= 11 is 0. The maximum Gasteiger partial charge on any atom is 0.259 e. The molecule has 0 spiro atoms. The second-order valence-electron chi connectivity index (χ2n) is 9.53. The summed E-state index contributed by atoms with van der Waals surface area (Å²) in [7, 11) is 1.60. The van der Waals surface area contributed by atoms with Crippen LogP contribution in [0.2, 0.25) is 0 Å². The van der Waals surface area contributed by atoms with Gasteiger partial charge in [0.25, 0.3) is 5.56 Å². The minimum atomic E-state index is -0.231. The molecule has 0 fully saturated rings. The summed E-state index contributed by atoms with van der Waals surface area (Å²) in [6.07, 6.45) is 0. The number of nitrogens with one attached hydrogen (secondary N) is 1. The third kappa shape index (κ3) is 6.88. The van der Waals surface area contributed by atoms with Crippen molar-refractivity contribution in [2.24, 2.45) is 5.92 Å². The first-order valence-electron chi connectivity index (χ1n) is 12.7. The molecule has 36 heavy (non-hydrogen) atoms. The van der Waals surface area contributed by atoms with E-state index in [1.54, 1.807) is 13.2 Å². The number of benzene rings is 2. The summed E-state index contributed by atoms with van der Waals surface area (Å²) in [6, 6.07) is 15.0. The summed E-state index contributed by atoms with van der Waals surface area (Å²) in [6.45, 7) is 13.7. The second-order valence-corrected chi connectivity index (χ2v) is 9.53. The fourth-order valence-electron chi connectivity index (χ4n) is 4.32. The highest BCUT2D eigenvalue weighted by atomic mass is 16.5. The Morgan fingerprint density at radius 2 is 1.78 bits per heavy atom. The summed E-state index contributed by atoms with van der Waals surface area (Å²) < 4.78 is 13.0. The third-order valence-corrected chi connectivity index (χ3v) is 6.20. The van der Waals surface area contributed by atoms with Crippen LogP contribution in [0.5, 0.6) is 11.5 Å². The molecule has 7 heteroatoms. The molecule has 0 radical (unpaired) electrons. The van der Waals surface area contributed by atoms with Crippen LogP contribution in [0, 0.1) is 5.92 Å². The average molecular weight is 494 g/mol. The van der Waals surface area contributed by atoms with Crippen LogP contribution < -0.4 is 20.3 Å². The molecular formula is C29H39N3O4. The van der Waals surface area contributed by atoms with Crippen molar-refractivity contribution in [2.75, 3.05) is 33.4 Å². The molecule has 3 rings (SSSR count). The number of carbonyl (C=O) groups excluding carboxylic acids is 1. The average Bonchev–Trinajstić information content (AvgIpc) is 2.87. The van der Waals surface area contributed by atoms with Crippen molar-refractivity contribution in [1.29, 1.82) is 0 Å². The van der Waals surface area contributed by atoms with E-state index in [9.17, 15) is 9.59 Å². The number of methoxy groups -OCH3 is 1. The van der Waals surface area contributed by atoms with Crippen molar-refractivity contribution >= 4 is 16.7 Å². The van der Waals surface area contributed by atoms with Crippen molar-refractivity contribution < 1.29 is 14.3 Å². The summed E-state index contributed by atoms with van der Waals surface area (Å²) in [5, 5.41) is 4.20. The number of hydrogen-bond acceptors (Lipinski definition) is 5. The number of fused-ring (bicyclic) bond motifs is 1. The number of rotatable bonds is 12. The zero-order valence-electron chi connectivity index (χ0n) is 22.3. The number of aromatic nitrogens is 1. The van der Waals surface area contributed by atoms with Crippen LogP contribution in [0.3, 0.4) is 0 Å². The van der Waals surface area contributed by atoms with Gasteiger partial charge in [0.2, 0.25) is 5.91 Å². The molecule has 0 saturated carbocycles. The van der Waals surface area contributed by atoms with E-state index in [0.29, 0.717) is 35.1 Å². The molecule has 1 amide bonds. The van der Waals surface area contributed by atoms with Gasteiger partial charge in [-0.2, -0.15) is 0 Å². The largest absolute Gasteiger partial charge is 0.497 e. The summed E-state index contributed by atoms with van der Waals surface area (Å²) in [4.78, 5) is 28.7. The van der Waals surface area contributed by atoms with Gasteiger partial charge in [0.1, 0.15) is 18.0 Å². The van der Waals surface area contributed by atoms with Crippen LogP contribution >= 0.6 is 0 Å². The number of ether oxygens (including phenoxy) is 2. The van der Waals surface area contributed by atoms with Crippen molar-refractivity contribution in [3.8, 4) is 22.8 Å². The lowest BCUT2D eigenvalue weighted by atomic mass is 10.1. The second kappa shape index (κ2) is 12.6. The standard InChI is InChI=1S/C29H39N3O4/c1-7-31(8-2)17-21(5)19-36-25-13-12-22-15-27(23-10-9-11-24(14-23)35-6)32(29(34)26(22)16-25)18-28(33)30-20(3)4/h9-16,20-21H,7-8,17-19H2,1-6H3,(H,30,33). The molecule has 3 aromatic rings. The fraction of sp³-hybridized carbons (Fsp3) is 0.448. The van der Waals surface area contributed by atoms with Crippen LogP contribution in [0.1, 0.15) is 34.6 Å². The van der Waals surface area contributed by atoms with Gasteiger partial charge in [-0.15, -0.1) is 0 Å². The van der Waals surface area contributed by atoms with Gasteiger partial charge >= 0.3 is 0 Å². The molecule has 1 heterocycles. The molecule has 7 nitrogen and oxygen atoms in total. The minimum absolute atomic E-state index is 0.0211. The minimum Gasteiger partial charge on any atom is -0.497 e. The first-order chi connectivity index (χ1) is 17.2. The van der Waals surface area contributed by atoms with Crippen molar-refractivity contribution in [3.63, 3.8) is 0 Å². The molecule has 1 unspecified atom stereocenters. The Balaban J connectivity index is 1.99. The molecule has 194 valence electrons. The molecule has 0 aliphatic rings. The number of amides is 1. The van der Waals surface area contributed by atoms with Gasteiger partial charge in [-0.25, -0.2) is 0 Å². The molecule has 2 aromatic carbocycles. The van der Waals surface area contributed by atoms with Gasteiger partial charge in [0.15, 0.2) is 0 Å². The van der Waals surface area contributed by atoms with E-state index in [-0.39, 0.29) is 24.1 Å². The van der Waals surface area contributed by atoms with Crippen LogP contribution in [0.15, 0.2) is 53.3 Å². The van der Waals surface area contributed by atoms with E-state index in [1.165, 1.54) is 4.57 Å². The Hall–Kier alpha value is -3.32. The lowest BCUT2D eigenvalue weighted by molar-refractivity contribution is -0.122. The maximum atomic E-state index is 13.7. The molecule has 1 aromatic heterocycles. The van der Waals surface area contributed by atoms with E-state index in [2.05, 4.69) is 31.0 Å². The molecule has 0 bridgehead atoms. The fourth-order valence-corrected chi connectivity index (χ4v) is 4.32. The highest BCUT2D eigenvalue weighted by Crippen LogP contribution is 2.27. The van der Waals surface area contributed by atoms with Crippen LogP contribution in [-0.2, 0) is 11.3 Å². The molecule has 0 aliphatic carbocycles. The predicted octanol–water partition coefficient (Wildman–Crippen LogP) is 4.56. The van der Waals surface area contributed by atoms with Gasteiger partial charge < -0.3 is 19.7 Å². The number of pyridine rings is 1. The van der Waals surface area contributed by atoms with Gasteiger partial charge in [-0.05, 0) is 62.7 Å². The first-order valence-corrected chi connectivity index (χ1v) is 12.7. The van der Waals surface area contributed by atoms with E-state index < -0.39 is 0 Å². The van der Waals surface area contributed by atoms with Crippen LogP contribution in [0.4, 0.5) is 0 Å². The van der Waals surface area contributed by atoms with Gasteiger partial charge in [-0.1, -0.05) is 39.0 Å². The summed E-state index contributed by atoms with van der Waals surface area (Å²) in [5.41, 5.74) is 1.23. The van der Waals surface area contributed by atoms with E-state index in [0.717, 1.165) is 30.6 Å². The lowest BCUT2D eigenvalue weighted by Gasteiger charge is -2.22. The zero-order valence-corrected chi connectivity index (χ0v) is 22.3. The van der Waals surface area contributed by atoms with Crippen LogP contribution in [-0.4, -0.2) is 54.8 Å². The maximum absolute atomic E-state index is 13.7. The predicted molar refractivity (Wildman–Crippen MR) is 146 cm³/mol. The first kappa shape index (κ1) is 27.3. The molecular weight excluding hydrogens is 454 g/mol.